The van der Waals surface area contributed by atoms with Crippen LogP contribution in [0.5, 0.6) is 0 Å². The van der Waals surface area contributed by atoms with Gasteiger partial charge in [0.1, 0.15) is 0 Å². The fraction of sp³-hybridized carbons (Fsp3) is 0.385. The van der Waals surface area contributed by atoms with Crippen molar-refractivity contribution in [3.63, 3.8) is 0 Å². The van der Waals surface area contributed by atoms with E-state index in [1.165, 1.54) is 0 Å². The number of hydrogen-bond donors (Lipinski definition) is 1. The van der Waals surface area contributed by atoms with Crippen molar-refractivity contribution in [2.24, 2.45) is 0 Å². The van der Waals surface area contributed by atoms with E-state index >= 15 is 0 Å². The minimum atomic E-state index is 0.205. The van der Waals surface area contributed by atoms with Gasteiger partial charge < -0.3 is 5.32 Å². The molecule has 0 bridgehead atoms. The van der Waals surface area contributed by atoms with E-state index in [0.717, 1.165) is 33.8 Å². The highest BCUT2D eigenvalue weighted by Crippen LogP contribution is 2.25. The van der Waals surface area contributed by atoms with E-state index in [2.05, 4.69) is 43.5 Å². The van der Waals surface area contributed by atoms with Gasteiger partial charge in [-0.1, -0.05) is 6.92 Å². The van der Waals surface area contributed by atoms with E-state index in [1.807, 2.05) is 25.3 Å². The Bertz CT molecular complexity index is 512. The van der Waals surface area contributed by atoms with Gasteiger partial charge in [-0.2, -0.15) is 0 Å². The van der Waals surface area contributed by atoms with Gasteiger partial charge in [-0.05, 0) is 41.5 Å². The third kappa shape index (κ3) is 3.37. The minimum absolute atomic E-state index is 0.205. The van der Waals surface area contributed by atoms with Crippen molar-refractivity contribution < 1.29 is 0 Å². The van der Waals surface area contributed by atoms with Crippen LogP contribution in [0.3, 0.4) is 0 Å². The standard InChI is InChI=1S/C13H16BrN3S/c1-3-15-11(7-12-17-9(2)8-18-12)13-10(14)5-4-6-16-13/h4-6,8,11,15H,3,7H2,1-2H3. The molecule has 1 atom stereocenters. The topological polar surface area (TPSA) is 37.8 Å². The van der Waals surface area contributed by atoms with Crippen molar-refractivity contribution in [3.05, 3.63) is 44.6 Å². The molecule has 3 nitrogen and oxygen atoms in total. The van der Waals surface area contributed by atoms with E-state index in [9.17, 15) is 0 Å². The number of nitrogens with one attached hydrogen (secondary N) is 1. The first kappa shape index (κ1) is 13.6. The molecule has 0 aliphatic rings. The molecule has 0 saturated carbocycles. The average molecular weight is 326 g/mol. The predicted molar refractivity (Wildman–Crippen MR) is 78.9 cm³/mol. The van der Waals surface area contributed by atoms with Gasteiger partial charge in [0.05, 0.1) is 16.7 Å². The van der Waals surface area contributed by atoms with Crippen LogP contribution in [0.2, 0.25) is 0 Å². The molecule has 1 N–H and O–H groups in total. The average Bonchev–Trinajstić information content (AvgIpc) is 2.75. The van der Waals surface area contributed by atoms with Crippen LogP contribution in [0.1, 0.15) is 29.4 Å². The highest BCUT2D eigenvalue weighted by molar-refractivity contribution is 9.10. The molecule has 2 rings (SSSR count). The Morgan fingerprint density at radius 2 is 2.33 bits per heavy atom. The maximum Gasteiger partial charge on any atom is 0.0947 e. The lowest BCUT2D eigenvalue weighted by Gasteiger charge is -2.17. The summed E-state index contributed by atoms with van der Waals surface area (Å²) in [6.45, 7) is 5.05. The maximum atomic E-state index is 4.52. The molecule has 0 aliphatic heterocycles. The number of aromatic nitrogens is 2. The monoisotopic (exact) mass is 325 g/mol. The van der Waals surface area contributed by atoms with E-state index in [4.69, 9.17) is 0 Å². The van der Waals surface area contributed by atoms with E-state index in [-0.39, 0.29) is 6.04 Å². The Morgan fingerprint density at radius 1 is 1.50 bits per heavy atom. The van der Waals surface area contributed by atoms with Crippen LogP contribution >= 0.6 is 27.3 Å². The van der Waals surface area contributed by atoms with Crippen molar-refractivity contribution >= 4 is 27.3 Å². The molecule has 0 fully saturated rings. The first-order valence-electron chi connectivity index (χ1n) is 5.95. The van der Waals surface area contributed by atoms with Gasteiger partial charge in [0.25, 0.3) is 0 Å². The van der Waals surface area contributed by atoms with Crippen molar-refractivity contribution in [1.82, 2.24) is 15.3 Å². The molecule has 1 unspecified atom stereocenters. The highest BCUT2D eigenvalue weighted by Gasteiger charge is 2.16. The van der Waals surface area contributed by atoms with Crippen LogP contribution in [0.4, 0.5) is 0 Å². The summed E-state index contributed by atoms with van der Waals surface area (Å²) in [6.07, 6.45) is 2.71. The third-order valence-electron chi connectivity index (χ3n) is 2.61. The second kappa shape index (κ2) is 6.41. The van der Waals surface area contributed by atoms with Crippen molar-refractivity contribution in [3.8, 4) is 0 Å². The first-order chi connectivity index (χ1) is 8.70. The fourth-order valence-corrected chi connectivity index (χ4v) is 3.19. The maximum absolute atomic E-state index is 4.52. The van der Waals surface area contributed by atoms with Crippen LogP contribution in [0, 0.1) is 6.92 Å². The number of aryl methyl sites for hydroxylation is 1. The summed E-state index contributed by atoms with van der Waals surface area (Å²) in [5.41, 5.74) is 2.14. The number of hydrogen-bond acceptors (Lipinski definition) is 4. The Morgan fingerprint density at radius 3 is 2.94 bits per heavy atom. The van der Waals surface area contributed by atoms with E-state index in [1.54, 1.807) is 11.3 Å². The van der Waals surface area contributed by atoms with Crippen LogP contribution in [-0.4, -0.2) is 16.5 Å². The Kier molecular flexibility index (Phi) is 4.86. The van der Waals surface area contributed by atoms with Crippen LogP contribution < -0.4 is 5.32 Å². The summed E-state index contributed by atoms with van der Waals surface area (Å²) < 4.78 is 1.05. The number of thiazole rings is 1. The summed E-state index contributed by atoms with van der Waals surface area (Å²) >= 11 is 5.28. The number of rotatable bonds is 5. The summed E-state index contributed by atoms with van der Waals surface area (Å²) in [6, 6.07) is 4.17. The van der Waals surface area contributed by atoms with Crippen molar-refractivity contribution in [2.45, 2.75) is 26.3 Å². The SMILES string of the molecule is CCNC(Cc1nc(C)cs1)c1ncccc1Br. The molecular formula is C13H16BrN3S. The molecule has 0 saturated heterocycles. The normalized spacial score (nSPS) is 12.6. The number of pyridine rings is 1. The summed E-state index contributed by atoms with van der Waals surface area (Å²) in [4.78, 5) is 8.99. The van der Waals surface area contributed by atoms with Crippen LogP contribution in [-0.2, 0) is 6.42 Å². The van der Waals surface area contributed by atoms with E-state index < -0.39 is 0 Å². The zero-order valence-electron chi connectivity index (χ0n) is 10.5. The molecule has 2 heterocycles. The second-order valence-corrected chi connectivity index (χ2v) is 5.86. The van der Waals surface area contributed by atoms with Gasteiger partial charge >= 0.3 is 0 Å². The summed E-state index contributed by atoms with van der Waals surface area (Å²) in [7, 11) is 0. The highest BCUT2D eigenvalue weighted by atomic mass is 79.9. The van der Waals surface area contributed by atoms with Gasteiger partial charge in [0.15, 0.2) is 0 Å². The molecule has 5 heteroatoms. The zero-order valence-corrected chi connectivity index (χ0v) is 12.9. The predicted octanol–water partition coefficient (Wildman–Crippen LogP) is 3.50. The van der Waals surface area contributed by atoms with Gasteiger partial charge in [0.2, 0.25) is 0 Å². The minimum Gasteiger partial charge on any atom is -0.309 e. The third-order valence-corrected chi connectivity index (χ3v) is 4.27. The van der Waals surface area contributed by atoms with Crippen molar-refractivity contribution in [2.75, 3.05) is 6.54 Å². The number of likely N-dealkylation sites (N-methyl/N-ethyl adjacent to an activating group) is 1. The molecule has 0 amide bonds. The Balaban J connectivity index is 2.20. The van der Waals surface area contributed by atoms with Gasteiger partial charge in [-0.3, -0.25) is 4.98 Å². The van der Waals surface area contributed by atoms with Gasteiger partial charge in [-0.15, -0.1) is 11.3 Å². The molecular weight excluding hydrogens is 310 g/mol. The molecule has 2 aromatic heterocycles. The lowest BCUT2D eigenvalue weighted by Crippen LogP contribution is -2.24. The van der Waals surface area contributed by atoms with Gasteiger partial charge in [-0.25, -0.2) is 4.98 Å². The second-order valence-electron chi connectivity index (χ2n) is 4.07. The molecule has 0 spiro atoms. The number of nitrogens with zero attached hydrogens (tertiary/aromatic N) is 2. The molecule has 0 aromatic carbocycles. The lowest BCUT2D eigenvalue weighted by molar-refractivity contribution is 0.533. The number of halogens is 1. The van der Waals surface area contributed by atoms with Gasteiger partial charge in [0, 0.05) is 28.2 Å². The molecule has 96 valence electrons. The van der Waals surface area contributed by atoms with Crippen LogP contribution in [0.25, 0.3) is 0 Å². The zero-order chi connectivity index (χ0) is 13.0. The van der Waals surface area contributed by atoms with Crippen molar-refractivity contribution in [1.29, 1.82) is 0 Å². The fourth-order valence-electron chi connectivity index (χ4n) is 1.84. The largest absolute Gasteiger partial charge is 0.309 e. The summed E-state index contributed by atoms with van der Waals surface area (Å²) in [5.74, 6) is 0. The first-order valence-corrected chi connectivity index (χ1v) is 7.62. The van der Waals surface area contributed by atoms with E-state index in [0.29, 0.717) is 0 Å². The molecule has 18 heavy (non-hydrogen) atoms. The Hall–Kier alpha value is -0.780. The lowest BCUT2D eigenvalue weighted by atomic mass is 10.1. The quantitative estimate of drug-likeness (QED) is 0.914. The smallest absolute Gasteiger partial charge is 0.0947 e. The molecule has 0 radical (unpaired) electrons. The summed E-state index contributed by atoms with van der Waals surface area (Å²) in [5, 5.41) is 6.71. The Labute approximate surface area is 120 Å². The van der Waals surface area contributed by atoms with Crippen LogP contribution in [0.15, 0.2) is 28.2 Å². The molecule has 0 aliphatic carbocycles. The molecule has 2 aromatic rings.